The van der Waals surface area contributed by atoms with Crippen molar-refractivity contribution < 1.29 is 23.1 Å². The Morgan fingerprint density at radius 1 is 1.33 bits per heavy atom. The zero-order valence-corrected chi connectivity index (χ0v) is 13.3. The first-order valence-electron chi connectivity index (χ1n) is 5.98. The van der Waals surface area contributed by atoms with E-state index < -0.39 is 32.3 Å². The lowest BCUT2D eigenvalue weighted by atomic mass is 10.1. The predicted molar refractivity (Wildman–Crippen MR) is 75.4 cm³/mol. The van der Waals surface area contributed by atoms with Crippen LogP contribution in [-0.4, -0.2) is 41.6 Å². The number of anilines is 1. The van der Waals surface area contributed by atoms with Crippen molar-refractivity contribution in [2.75, 3.05) is 5.32 Å². The molecule has 0 aromatic carbocycles. The SMILES string of the molecule is CC(=O)Nc1nnc(S(=O)(=O)N[C@@H](CC(C)C)C(=O)O)s1. The van der Waals surface area contributed by atoms with Crippen molar-refractivity contribution in [2.24, 2.45) is 5.92 Å². The highest BCUT2D eigenvalue weighted by Gasteiger charge is 2.28. The molecular formula is C10H16N4O5S2. The molecule has 0 unspecified atom stereocenters. The van der Waals surface area contributed by atoms with Crippen molar-refractivity contribution in [3.8, 4) is 0 Å². The minimum Gasteiger partial charge on any atom is -0.480 e. The highest BCUT2D eigenvalue weighted by molar-refractivity contribution is 7.91. The second-order valence-corrected chi connectivity index (χ2v) is 7.56. The molecule has 1 amide bonds. The average Bonchev–Trinajstić information content (AvgIpc) is 2.75. The molecule has 0 aliphatic carbocycles. The Morgan fingerprint density at radius 3 is 2.43 bits per heavy atom. The first-order chi connectivity index (χ1) is 9.61. The number of amides is 1. The van der Waals surface area contributed by atoms with Crippen LogP contribution in [0.1, 0.15) is 27.2 Å². The van der Waals surface area contributed by atoms with E-state index in [0.29, 0.717) is 11.3 Å². The number of carboxylic acids is 1. The second-order valence-electron chi connectivity index (χ2n) is 4.70. The van der Waals surface area contributed by atoms with Gasteiger partial charge in [0.1, 0.15) is 6.04 Å². The summed E-state index contributed by atoms with van der Waals surface area (Å²) in [5, 5.41) is 18.3. The molecule has 0 bridgehead atoms. The van der Waals surface area contributed by atoms with Crippen LogP contribution in [0, 0.1) is 5.92 Å². The van der Waals surface area contributed by atoms with Gasteiger partial charge in [-0.05, 0) is 12.3 Å². The van der Waals surface area contributed by atoms with E-state index in [0.717, 1.165) is 0 Å². The number of rotatable bonds is 7. The maximum atomic E-state index is 12.0. The van der Waals surface area contributed by atoms with Gasteiger partial charge in [-0.3, -0.25) is 9.59 Å². The number of aromatic nitrogens is 2. The molecule has 0 fully saturated rings. The fourth-order valence-electron chi connectivity index (χ4n) is 1.43. The molecule has 21 heavy (non-hydrogen) atoms. The van der Waals surface area contributed by atoms with Crippen molar-refractivity contribution in [3.05, 3.63) is 0 Å². The maximum absolute atomic E-state index is 12.0. The molecule has 9 nitrogen and oxygen atoms in total. The van der Waals surface area contributed by atoms with Crippen LogP contribution in [0.5, 0.6) is 0 Å². The van der Waals surface area contributed by atoms with Gasteiger partial charge in [0.15, 0.2) is 0 Å². The minimum absolute atomic E-state index is 0.00170. The van der Waals surface area contributed by atoms with Crippen molar-refractivity contribution in [3.63, 3.8) is 0 Å². The van der Waals surface area contributed by atoms with Crippen LogP contribution in [0.3, 0.4) is 0 Å². The van der Waals surface area contributed by atoms with Gasteiger partial charge in [-0.2, -0.15) is 4.72 Å². The van der Waals surface area contributed by atoms with Crippen LogP contribution in [0.25, 0.3) is 0 Å². The zero-order chi connectivity index (χ0) is 16.2. The summed E-state index contributed by atoms with van der Waals surface area (Å²) in [7, 11) is -4.10. The Hall–Kier alpha value is -1.59. The van der Waals surface area contributed by atoms with Gasteiger partial charge < -0.3 is 10.4 Å². The number of carbonyl (C=O) groups excluding carboxylic acids is 1. The van der Waals surface area contributed by atoms with Gasteiger partial charge in [-0.25, -0.2) is 8.42 Å². The van der Waals surface area contributed by atoms with Gasteiger partial charge in [-0.1, -0.05) is 25.2 Å². The summed E-state index contributed by atoms with van der Waals surface area (Å²) in [5.74, 6) is -1.68. The first kappa shape index (κ1) is 17.5. The van der Waals surface area contributed by atoms with Crippen molar-refractivity contribution in [2.45, 2.75) is 37.6 Å². The fourth-order valence-corrected chi connectivity index (χ4v) is 3.59. The van der Waals surface area contributed by atoms with Crippen molar-refractivity contribution >= 4 is 38.4 Å². The predicted octanol–water partition coefficient (Wildman–Crippen LogP) is 0.274. The molecule has 0 aliphatic heterocycles. The maximum Gasteiger partial charge on any atom is 0.321 e. The third-order valence-electron chi connectivity index (χ3n) is 2.22. The van der Waals surface area contributed by atoms with Crippen molar-refractivity contribution in [1.29, 1.82) is 0 Å². The Morgan fingerprint density at radius 2 is 1.95 bits per heavy atom. The lowest BCUT2D eigenvalue weighted by Crippen LogP contribution is -2.41. The Balaban J connectivity index is 2.91. The van der Waals surface area contributed by atoms with E-state index in [1.165, 1.54) is 6.92 Å². The summed E-state index contributed by atoms with van der Waals surface area (Å²) in [6.45, 7) is 4.81. The molecule has 0 radical (unpaired) electrons. The number of hydrogen-bond acceptors (Lipinski definition) is 7. The molecule has 1 atom stereocenters. The zero-order valence-electron chi connectivity index (χ0n) is 11.7. The molecule has 0 aliphatic rings. The van der Waals surface area contributed by atoms with E-state index in [2.05, 4.69) is 20.2 Å². The lowest BCUT2D eigenvalue weighted by molar-refractivity contribution is -0.139. The molecule has 0 saturated carbocycles. The summed E-state index contributed by atoms with van der Waals surface area (Å²) in [6, 6.07) is -1.25. The third kappa shape index (κ3) is 5.36. The molecule has 1 aromatic heterocycles. The first-order valence-corrected chi connectivity index (χ1v) is 8.28. The molecule has 1 heterocycles. The van der Waals surface area contributed by atoms with Gasteiger partial charge in [0.25, 0.3) is 10.0 Å². The molecular weight excluding hydrogens is 320 g/mol. The molecule has 1 aromatic rings. The molecule has 0 saturated heterocycles. The monoisotopic (exact) mass is 336 g/mol. The molecule has 118 valence electrons. The smallest absolute Gasteiger partial charge is 0.321 e. The standard InChI is InChI=1S/C10H16N4O5S2/c1-5(2)4-7(8(16)17)14-21(18,19)10-13-12-9(20-10)11-6(3)15/h5,7,14H,4H2,1-3H3,(H,16,17)(H,11,12,15)/t7-/m0/s1. The number of nitrogens with zero attached hydrogens (tertiary/aromatic N) is 2. The van der Waals surface area contributed by atoms with E-state index in [9.17, 15) is 18.0 Å². The van der Waals surface area contributed by atoms with Crippen LogP contribution >= 0.6 is 11.3 Å². The normalized spacial score (nSPS) is 13.1. The molecule has 1 rings (SSSR count). The lowest BCUT2D eigenvalue weighted by Gasteiger charge is -2.15. The van der Waals surface area contributed by atoms with E-state index in [4.69, 9.17) is 5.11 Å². The molecule has 0 spiro atoms. The number of carboxylic acid groups (broad SMARTS) is 1. The van der Waals surface area contributed by atoms with Gasteiger partial charge in [0.05, 0.1) is 0 Å². The summed E-state index contributed by atoms with van der Waals surface area (Å²) < 4.78 is 25.8. The van der Waals surface area contributed by atoms with Crippen LogP contribution in [0.4, 0.5) is 5.13 Å². The molecule has 3 N–H and O–H groups in total. The Kier molecular flexibility index (Phi) is 5.75. The van der Waals surface area contributed by atoms with Gasteiger partial charge in [0.2, 0.25) is 15.4 Å². The highest BCUT2D eigenvalue weighted by atomic mass is 32.2. The van der Waals surface area contributed by atoms with E-state index in [1.54, 1.807) is 13.8 Å². The van der Waals surface area contributed by atoms with E-state index >= 15 is 0 Å². The van der Waals surface area contributed by atoms with Gasteiger partial charge >= 0.3 is 5.97 Å². The van der Waals surface area contributed by atoms with E-state index in [1.807, 2.05) is 0 Å². The second kappa shape index (κ2) is 6.91. The van der Waals surface area contributed by atoms with Crippen LogP contribution < -0.4 is 10.0 Å². The third-order valence-corrected chi connectivity index (χ3v) is 4.90. The number of carbonyl (C=O) groups is 2. The molecule has 11 heteroatoms. The Bertz CT molecular complexity index is 625. The highest BCUT2D eigenvalue weighted by Crippen LogP contribution is 2.20. The number of aliphatic carboxylic acids is 1. The van der Waals surface area contributed by atoms with Crippen molar-refractivity contribution in [1.82, 2.24) is 14.9 Å². The summed E-state index contributed by atoms with van der Waals surface area (Å²) >= 11 is 0.643. The minimum atomic E-state index is -4.10. The number of sulfonamides is 1. The van der Waals surface area contributed by atoms with Crippen LogP contribution in [0.15, 0.2) is 4.34 Å². The Labute approximate surface area is 125 Å². The summed E-state index contributed by atoms with van der Waals surface area (Å²) in [5.41, 5.74) is 0. The van der Waals surface area contributed by atoms with Crippen LogP contribution in [0.2, 0.25) is 0 Å². The number of nitrogens with one attached hydrogen (secondary N) is 2. The fraction of sp³-hybridized carbons (Fsp3) is 0.600. The van der Waals surface area contributed by atoms with Gasteiger partial charge in [-0.15, -0.1) is 10.2 Å². The van der Waals surface area contributed by atoms with Crippen LogP contribution in [-0.2, 0) is 19.6 Å². The van der Waals surface area contributed by atoms with E-state index in [-0.39, 0.29) is 17.5 Å². The average molecular weight is 336 g/mol. The topological polar surface area (TPSA) is 138 Å². The largest absolute Gasteiger partial charge is 0.480 e. The summed E-state index contributed by atoms with van der Waals surface area (Å²) in [6.07, 6.45) is 0.145. The summed E-state index contributed by atoms with van der Waals surface area (Å²) in [4.78, 5) is 21.9. The quantitative estimate of drug-likeness (QED) is 0.608. The van der Waals surface area contributed by atoms with Gasteiger partial charge in [0, 0.05) is 6.92 Å². The number of hydrogen-bond donors (Lipinski definition) is 3.